The molecule has 0 saturated heterocycles. The van der Waals surface area contributed by atoms with Crippen LogP contribution >= 0.6 is 11.3 Å². The van der Waals surface area contributed by atoms with Crippen molar-refractivity contribution in [1.29, 1.82) is 0 Å². The number of carbonyl (C=O) groups is 1. The van der Waals surface area contributed by atoms with E-state index >= 15 is 0 Å². The number of aromatic nitrogens is 1. The highest BCUT2D eigenvalue weighted by Crippen LogP contribution is 2.31. The fourth-order valence-corrected chi connectivity index (χ4v) is 4.80. The maximum atomic E-state index is 13.5. The normalized spacial score (nSPS) is 15.9. The molecule has 1 aliphatic heterocycles. The molecular formula is C27H26N2O4S. The maximum Gasteiger partial charge on any atom is 0.338 e. The predicted octanol–water partition coefficient (Wildman–Crippen LogP) is 3.86. The lowest BCUT2D eigenvalue weighted by Gasteiger charge is -2.24. The van der Waals surface area contributed by atoms with Gasteiger partial charge in [-0.3, -0.25) is 9.36 Å². The SMILES string of the molecule is CCCOc1ccc(C2C(C(=O)OC)=C(C)N=c3sc(=CC=Cc4ccccc4)c(=O)n32)cc1. The van der Waals surface area contributed by atoms with E-state index in [0.717, 1.165) is 23.3 Å². The number of methoxy groups -OCH3 is 1. The molecule has 1 aromatic heterocycles. The number of benzene rings is 2. The molecule has 0 N–H and O–H groups in total. The standard InChI is InChI=1S/C27H26N2O4S/c1-4-17-33-21-15-13-20(14-16-21)24-23(26(31)32-3)18(2)28-27-29(24)25(30)22(34-27)12-8-11-19-9-6-5-7-10-19/h5-16,24H,4,17H2,1-3H3. The number of hydrogen-bond donors (Lipinski definition) is 0. The topological polar surface area (TPSA) is 69.9 Å². The zero-order chi connectivity index (χ0) is 24.1. The van der Waals surface area contributed by atoms with Crippen LogP contribution in [0, 0.1) is 0 Å². The number of carbonyl (C=O) groups excluding carboxylic acids is 1. The quantitative estimate of drug-likeness (QED) is 0.488. The summed E-state index contributed by atoms with van der Waals surface area (Å²) in [4.78, 5) is 31.3. The van der Waals surface area contributed by atoms with Crippen LogP contribution in [-0.2, 0) is 9.53 Å². The van der Waals surface area contributed by atoms with E-state index in [1.165, 1.54) is 18.4 Å². The number of hydrogen-bond acceptors (Lipinski definition) is 6. The molecule has 4 rings (SSSR count). The van der Waals surface area contributed by atoms with Crippen LogP contribution in [0.3, 0.4) is 0 Å². The van der Waals surface area contributed by atoms with Gasteiger partial charge in [-0.15, -0.1) is 0 Å². The van der Waals surface area contributed by atoms with Gasteiger partial charge in [-0.25, -0.2) is 9.79 Å². The van der Waals surface area contributed by atoms with Gasteiger partial charge in [-0.1, -0.05) is 72.9 Å². The Hall–Kier alpha value is -3.71. The van der Waals surface area contributed by atoms with Crippen LogP contribution < -0.4 is 19.6 Å². The Morgan fingerprint density at radius 3 is 2.56 bits per heavy atom. The lowest BCUT2D eigenvalue weighted by atomic mass is 9.96. The molecule has 0 bridgehead atoms. The zero-order valence-corrected chi connectivity index (χ0v) is 20.2. The minimum Gasteiger partial charge on any atom is -0.494 e. The van der Waals surface area contributed by atoms with Crippen molar-refractivity contribution in [3.63, 3.8) is 0 Å². The summed E-state index contributed by atoms with van der Waals surface area (Å²) in [7, 11) is 1.33. The summed E-state index contributed by atoms with van der Waals surface area (Å²) >= 11 is 1.30. The fourth-order valence-electron chi connectivity index (χ4n) is 3.80. The highest BCUT2D eigenvalue weighted by atomic mass is 32.1. The molecule has 3 aromatic rings. The van der Waals surface area contributed by atoms with E-state index in [0.29, 0.717) is 27.2 Å². The summed E-state index contributed by atoms with van der Waals surface area (Å²) in [6.45, 7) is 4.44. The van der Waals surface area contributed by atoms with E-state index in [1.807, 2.05) is 73.7 Å². The highest BCUT2D eigenvalue weighted by Gasteiger charge is 2.33. The van der Waals surface area contributed by atoms with Crippen molar-refractivity contribution in [3.8, 4) is 5.75 Å². The number of esters is 1. The highest BCUT2D eigenvalue weighted by molar-refractivity contribution is 7.07. The van der Waals surface area contributed by atoms with Gasteiger partial charge in [0.1, 0.15) is 5.75 Å². The van der Waals surface area contributed by atoms with Crippen LogP contribution in [0.1, 0.15) is 37.4 Å². The van der Waals surface area contributed by atoms with Crippen molar-refractivity contribution in [1.82, 2.24) is 4.57 Å². The van der Waals surface area contributed by atoms with Gasteiger partial charge in [0.05, 0.1) is 35.6 Å². The number of allylic oxidation sites excluding steroid dienone is 2. The molecular weight excluding hydrogens is 448 g/mol. The van der Waals surface area contributed by atoms with Crippen molar-refractivity contribution in [2.75, 3.05) is 13.7 Å². The van der Waals surface area contributed by atoms with E-state index < -0.39 is 12.0 Å². The molecule has 7 heteroatoms. The Bertz CT molecular complexity index is 1410. The molecule has 174 valence electrons. The van der Waals surface area contributed by atoms with Crippen LogP contribution in [0.15, 0.2) is 81.7 Å². The van der Waals surface area contributed by atoms with Gasteiger partial charge in [-0.05, 0) is 42.7 Å². The Balaban J connectivity index is 1.80. The van der Waals surface area contributed by atoms with E-state index in [4.69, 9.17) is 9.47 Å². The van der Waals surface area contributed by atoms with Crippen LogP contribution in [0.4, 0.5) is 0 Å². The molecule has 0 saturated carbocycles. The second kappa shape index (κ2) is 10.5. The largest absolute Gasteiger partial charge is 0.494 e. The summed E-state index contributed by atoms with van der Waals surface area (Å²) in [5, 5.41) is 0. The van der Waals surface area contributed by atoms with Crippen molar-refractivity contribution in [3.05, 3.63) is 103 Å². The molecule has 6 nitrogen and oxygen atoms in total. The first kappa shape index (κ1) is 23.4. The van der Waals surface area contributed by atoms with Crippen LogP contribution in [0.25, 0.3) is 12.2 Å². The summed E-state index contributed by atoms with van der Waals surface area (Å²) in [6, 6.07) is 16.7. The van der Waals surface area contributed by atoms with E-state index in [9.17, 15) is 9.59 Å². The van der Waals surface area contributed by atoms with Gasteiger partial charge in [0.2, 0.25) is 0 Å². The predicted molar refractivity (Wildman–Crippen MR) is 134 cm³/mol. The van der Waals surface area contributed by atoms with Gasteiger partial charge in [0.15, 0.2) is 4.80 Å². The zero-order valence-electron chi connectivity index (χ0n) is 19.4. The lowest BCUT2D eigenvalue weighted by Crippen LogP contribution is -2.39. The maximum absolute atomic E-state index is 13.5. The second-order valence-corrected chi connectivity index (χ2v) is 8.79. The molecule has 0 amide bonds. The Morgan fingerprint density at radius 1 is 1.15 bits per heavy atom. The first-order valence-corrected chi connectivity index (χ1v) is 11.9. The number of fused-ring (bicyclic) bond motifs is 1. The smallest absolute Gasteiger partial charge is 0.338 e. The van der Waals surface area contributed by atoms with Crippen LogP contribution in [0.5, 0.6) is 5.75 Å². The summed E-state index contributed by atoms with van der Waals surface area (Å²) in [5.41, 5.74) is 2.51. The average Bonchev–Trinajstić information content (AvgIpc) is 3.17. The lowest BCUT2D eigenvalue weighted by molar-refractivity contribution is -0.136. The summed E-state index contributed by atoms with van der Waals surface area (Å²) in [6.07, 6.45) is 6.49. The average molecular weight is 475 g/mol. The third-order valence-electron chi connectivity index (χ3n) is 5.43. The van der Waals surface area contributed by atoms with E-state index in [1.54, 1.807) is 17.6 Å². The van der Waals surface area contributed by atoms with Gasteiger partial charge in [-0.2, -0.15) is 0 Å². The third kappa shape index (κ3) is 4.79. The molecule has 0 radical (unpaired) electrons. The fraction of sp³-hybridized carbons (Fsp3) is 0.222. The molecule has 1 atom stereocenters. The van der Waals surface area contributed by atoms with Gasteiger partial charge < -0.3 is 9.47 Å². The Morgan fingerprint density at radius 2 is 1.88 bits per heavy atom. The van der Waals surface area contributed by atoms with Crippen molar-refractivity contribution >= 4 is 29.5 Å². The minimum atomic E-state index is -0.635. The molecule has 34 heavy (non-hydrogen) atoms. The van der Waals surface area contributed by atoms with Crippen molar-refractivity contribution in [2.45, 2.75) is 26.3 Å². The number of thiazole rings is 1. The van der Waals surface area contributed by atoms with Gasteiger partial charge in [0.25, 0.3) is 5.56 Å². The van der Waals surface area contributed by atoms with Crippen LogP contribution in [0.2, 0.25) is 0 Å². The number of nitrogens with zero attached hydrogens (tertiary/aromatic N) is 2. The molecule has 2 heterocycles. The van der Waals surface area contributed by atoms with Gasteiger partial charge >= 0.3 is 5.97 Å². The Kier molecular flexibility index (Phi) is 7.23. The van der Waals surface area contributed by atoms with E-state index in [2.05, 4.69) is 4.99 Å². The summed E-state index contributed by atoms with van der Waals surface area (Å²) in [5.74, 6) is 0.236. The van der Waals surface area contributed by atoms with Crippen molar-refractivity contribution < 1.29 is 14.3 Å². The summed E-state index contributed by atoms with van der Waals surface area (Å²) < 4.78 is 12.9. The monoisotopic (exact) mass is 474 g/mol. The molecule has 2 aromatic carbocycles. The van der Waals surface area contributed by atoms with Gasteiger partial charge in [0, 0.05) is 0 Å². The third-order valence-corrected chi connectivity index (χ3v) is 6.43. The first-order chi connectivity index (χ1) is 16.5. The molecule has 1 unspecified atom stereocenters. The first-order valence-electron chi connectivity index (χ1n) is 11.1. The molecule has 1 aliphatic rings. The van der Waals surface area contributed by atoms with Crippen LogP contribution in [-0.4, -0.2) is 24.3 Å². The molecule has 0 fully saturated rings. The minimum absolute atomic E-state index is 0.202. The molecule has 0 aliphatic carbocycles. The number of ether oxygens (including phenoxy) is 2. The van der Waals surface area contributed by atoms with Crippen molar-refractivity contribution in [2.24, 2.45) is 4.99 Å². The number of rotatable bonds is 7. The molecule has 0 spiro atoms. The van der Waals surface area contributed by atoms with E-state index in [-0.39, 0.29) is 5.56 Å². The second-order valence-electron chi connectivity index (χ2n) is 7.78. The Labute approximate surface area is 201 Å².